The number of carbonyl (C=O) groups is 1. The molecule has 0 heterocycles. The smallest absolute Gasteiger partial charge is 0.262 e. The lowest BCUT2D eigenvalue weighted by Gasteiger charge is -2.14. The van der Waals surface area contributed by atoms with Gasteiger partial charge in [-0.25, -0.2) is 4.39 Å². The van der Waals surface area contributed by atoms with Crippen LogP contribution in [0.25, 0.3) is 0 Å². The topological polar surface area (TPSA) is 38.3 Å². The Bertz CT molecular complexity index is 765. The van der Waals surface area contributed by atoms with Gasteiger partial charge >= 0.3 is 0 Å². The predicted molar refractivity (Wildman–Crippen MR) is 93.9 cm³/mol. The summed E-state index contributed by atoms with van der Waals surface area (Å²) < 4.78 is 19.7. The quantitative estimate of drug-likeness (QED) is 0.767. The van der Waals surface area contributed by atoms with Gasteiger partial charge in [0.15, 0.2) is 6.61 Å². The van der Waals surface area contributed by atoms with Crippen molar-refractivity contribution in [1.82, 2.24) is 0 Å². The van der Waals surface area contributed by atoms with Crippen molar-refractivity contribution in [2.75, 3.05) is 11.9 Å². The molecule has 0 spiro atoms. The maximum absolute atomic E-state index is 13.1. The molecule has 1 N–H and O–H groups in total. The number of halogens is 3. The van der Waals surface area contributed by atoms with E-state index in [0.29, 0.717) is 11.4 Å². The van der Waals surface area contributed by atoms with E-state index in [1.807, 2.05) is 26.8 Å². The third-order valence-corrected chi connectivity index (χ3v) is 5.03. The van der Waals surface area contributed by atoms with E-state index in [0.717, 1.165) is 21.2 Å². The molecule has 0 saturated heterocycles. The number of ether oxygens (including phenoxy) is 1. The molecule has 0 unspecified atom stereocenters. The number of rotatable bonds is 4. The number of amides is 1. The molecule has 0 aliphatic carbocycles. The fourth-order valence-electron chi connectivity index (χ4n) is 2.08. The van der Waals surface area contributed by atoms with Crippen molar-refractivity contribution in [1.29, 1.82) is 0 Å². The Balaban J connectivity index is 2.03. The molecule has 0 atom stereocenters. The summed E-state index contributed by atoms with van der Waals surface area (Å²) in [7, 11) is 0. The largest absolute Gasteiger partial charge is 0.483 e. The van der Waals surface area contributed by atoms with E-state index < -0.39 is 5.82 Å². The highest BCUT2D eigenvalue weighted by atomic mass is 79.9. The summed E-state index contributed by atoms with van der Waals surface area (Å²) in [6, 6.07) is 5.88. The van der Waals surface area contributed by atoms with Crippen molar-refractivity contribution >= 4 is 39.1 Å². The molecule has 2 rings (SSSR count). The lowest BCUT2D eigenvalue weighted by Crippen LogP contribution is -2.20. The van der Waals surface area contributed by atoms with Crippen molar-refractivity contribution in [3.05, 3.63) is 56.3 Å². The van der Waals surface area contributed by atoms with Crippen LogP contribution in [0, 0.1) is 26.6 Å². The highest BCUT2D eigenvalue weighted by Crippen LogP contribution is 2.31. The number of aryl methyl sites for hydroxylation is 1. The summed E-state index contributed by atoms with van der Waals surface area (Å²) in [5.74, 6) is -0.210. The fraction of sp³-hybridized carbons (Fsp3) is 0.235. The van der Waals surface area contributed by atoms with Gasteiger partial charge in [-0.15, -0.1) is 0 Å². The van der Waals surface area contributed by atoms with Gasteiger partial charge in [-0.1, -0.05) is 27.5 Å². The van der Waals surface area contributed by atoms with Crippen LogP contribution in [0.4, 0.5) is 10.1 Å². The number of nitrogens with one attached hydrogen (secondary N) is 1. The Labute approximate surface area is 147 Å². The zero-order valence-electron chi connectivity index (χ0n) is 13.0. The summed E-state index contributed by atoms with van der Waals surface area (Å²) in [4.78, 5) is 11.9. The molecule has 0 saturated carbocycles. The average molecular weight is 401 g/mol. The molecule has 0 aliphatic heterocycles. The second-order valence-electron chi connectivity index (χ2n) is 5.22. The van der Waals surface area contributed by atoms with Crippen LogP contribution in [-0.2, 0) is 4.79 Å². The summed E-state index contributed by atoms with van der Waals surface area (Å²) >= 11 is 9.20. The molecule has 122 valence electrons. The number of benzene rings is 2. The molecule has 23 heavy (non-hydrogen) atoms. The van der Waals surface area contributed by atoms with E-state index >= 15 is 0 Å². The standard InChI is InChI=1S/C17H16BrClFNO2/c1-9-6-15(10(2)11(3)17(9)18)23-8-16(22)21-12-4-5-14(20)13(19)7-12/h4-7H,8H2,1-3H3,(H,21,22). The first-order chi connectivity index (χ1) is 10.8. The molecular weight excluding hydrogens is 385 g/mol. The maximum Gasteiger partial charge on any atom is 0.262 e. The van der Waals surface area contributed by atoms with Crippen LogP contribution in [0.3, 0.4) is 0 Å². The van der Waals surface area contributed by atoms with Crippen LogP contribution in [0.5, 0.6) is 5.75 Å². The molecule has 2 aromatic rings. The molecule has 0 fully saturated rings. The van der Waals surface area contributed by atoms with Gasteiger partial charge in [0.05, 0.1) is 5.02 Å². The zero-order chi connectivity index (χ0) is 17.1. The normalized spacial score (nSPS) is 10.5. The van der Waals surface area contributed by atoms with Gasteiger partial charge in [-0.2, -0.15) is 0 Å². The van der Waals surface area contributed by atoms with E-state index in [1.54, 1.807) is 0 Å². The van der Waals surface area contributed by atoms with E-state index in [1.165, 1.54) is 18.2 Å². The molecule has 6 heteroatoms. The van der Waals surface area contributed by atoms with Gasteiger partial charge < -0.3 is 10.1 Å². The average Bonchev–Trinajstić information content (AvgIpc) is 2.51. The molecule has 0 aromatic heterocycles. The van der Waals surface area contributed by atoms with Crippen LogP contribution in [-0.4, -0.2) is 12.5 Å². The van der Waals surface area contributed by atoms with E-state index in [2.05, 4.69) is 21.2 Å². The van der Waals surface area contributed by atoms with Gasteiger partial charge in [-0.3, -0.25) is 4.79 Å². The second kappa shape index (κ2) is 7.32. The van der Waals surface area contributed by atoms with Gasteiger partial charge in [0, 0.05) is 10.2 Å². The van der Waals surface area contributed by atoms with Gasteiger partial charge in [0.25, 0.3) is 5.91 Å². The fourth-order valence-corrected chi connectivity index (χ4v) is 2.67. The van der Waals surface area contributed by atoms with Crippen LogP contribution in [0.1, 0.15) is 16.7 Å². The van der Waals surface area contributed by atoms with E-state index in [9.17, 15) is 9.18 Å². The van der Waals surface area contributed by atoms with Crippen LogP contribution >= 0.6 is 27.5 Å². The molecule has 0 radical (unpaired) electrons. The number of hydrogen-bond acceptors (Lipinski definition) is 2. The Kier molecular flexibility index (Phi) is 5.65. The molecule has 0 bridgehead atoms. The Morgan fingerprint density at radius 3 is 2.61 bits per heavy atom. The van der Waals surface area contributed by atoms with E-state index in [-0.39, 0.29) is 17.5 Å². The summed E-state index contributed by atoms with van der Waals surface area (Å²) in [6.45, 7) is 5.74. The first-order valence-corrected chi connectivity index (χ1v) is 8.10. The lowest BCUT2D eigenvalue weighted by atomic mass is 10.1. The number of anilines is 1. The van der Waals surface area contributed by atoms with Crippen LogP contribution in [0.15, 0.2) is 28.7 Å². The number of carbonyl (C=O) groups excluding carboxylic acids is 1. The minimum absolute atomic E-state index is 0.0429. The maximum atomic E-state index is 13.1. The SMILES string of the molecule is Cc1cc(OCC(=O)Nc2ccc(F)c(Cl)c2)c(C)c(C)c1Br. The first-order valence-electron chi connectivity index (χ1n) is 6.93. The monoisotopic (exact) mass is 399 g/mol. The summed E-state index contributed by atoms with van der Waals surface area (Å²) in [6.07, 6.45) is 0. The van der Waals surface area contributed by atoms with Crippen molar-refractivity contribution in [2.24, 2.45) is 0 Å². The third kappa shape index (κ3) is 4.24. The predicted octanol–water partition coefficient (Wildman–Crippen LogP) is 5.18. The molecule has 0 aliphatic rings. The number of hydrogen-bond donors (Lipinski definition) is 1. The van der Waals surface area contributed by atoms with Crippen molar-refractivity contribution < 1.29 is 13.9 Å². The Hall–Kier alpha value is -1.59. The Morgan fingerprint density at radius 1 is 1.26 bits per heavy atom. The molecular formula is C17H16BrClFNO2. The first kappa shape index (κ1) is 17.8. The van der Waals surface area contributed by atoms with Gasteiger partial charge in [0.2, 0.25) is 0 Å². The lowest BCUT2D eigenvalue weighted by molar-refractivity contribution is -0.118. The van der Waals surface area contributed by atoms with Gasteiger partial charge in [0.1, 0.15) is 11.6 Å². The Morgan fingerprint density at radius 2 is 1.96 bits per heavy atom. The van der Waals surface area contributed by atoms with Crippen molar-refractivity contribution in [2.45, 2.75) is 20.8 Å². The minimum Gasteiger partial charge on any atom is -0.483 e. The summed E-state index contributed by atoms with van der Waals surface area (Å²) in [5.41, 5.74) is 3.50. The third-order valence-electron chi connectivity index (χ3n) is 3.52. The second-order valence-corrected chi connectivity index (χ2v) is 6.42. The van der Waals surface area contributed by atoms with Crippen molar-refractivity contribution in [3.8, 4) is 5.75 Å². The van der Waals surface area contributed by atoms with Gasteiger partial charge in [-0.05, 0) is 61.7 Å². The van der Waals surface area contributed by atoms with E-state index in [4.69, 9.17) is 16.3 Å². The molecule has 2 aromatic carbocycles. The minimum atomic E-state index is -0.530. The molecule has 1 amide bonds. The highest BCUT2D eigenvalue weighted by Gasteiger charge is 2.11. The summed E-state index contributed by atoms with van der Waals surface area (Å²) in [5, 5.41) is 2.57. The zero-order valence-corrected chi connectivity index (χ0v) is 15.3. The highest BCUT2D eigenvalue weighted by molar-refractivity contribution is 9.10. The molecule has 3 nitrogen and oxygen atoms in total. The van der Waals surface area contributed by atoms with Crippen LogP contribution < -0.4 is 10.1 Å². The van der Waals surface area contributed by atoms with Crippen LogP contribution in [0.2, 0.25) is 5.02 Å². The van der Waals surface area contributed by atoms with Crippen molar-refractivity contribution in [3.63, 3.8) is 0 Å².